The Labute approximate surface area is 553 Å². The van der Waals surface area contributed by atoms with E-state index < -0.39 is 43.1 Å². The van der Waals surface area contributed by atoms with Crippen molar-refractivity contribution in [2.45, 2.75) is 174 Å². The van der Waals surface area contributed by atoms with Crippen molar-refractivity contribution in [3.63, 3.8) is 0 Å². The van der Waals surface area contributed by atoms with Crippen LogP contribution in [0.4, 0.5) is 34.3 Å². The molecule has 1 N–H and O–H groups in total. The Morgan fingerprint density at radius 2 is 1.49 bits per heavy atom. The molecule has 1 aliphatic carbocycles. The molecule has 2 atom stereocenters. The fraction of sp³-hybridized carbons (Fsp3) is 0.597. The molecule has 2 bridgehead atoms. The Hall–Kier alpha value is -7.06. The SMILES string of the molecule is COCOc1cc(-c2ncc3c(N4CC5CCC(C4)N5C(=O)OC(C)(C)C)nc(OCC4(CN5CCN(CCCC6CCN(C(=O)c7ccc(F)c(N8CCC(=O)NC8=O)c7)CC6)CC5)CCCCC4)nc3c2F)c2c(C#C[Si](C(C)C)(C(C)C)C(C)C)c(F)ccc2c1. The van der Waals surface area contributed by atoms with Crippen LogP contribution in [0.1, 0.15) is 155 Å². The summed E-state index contributed by atoms with van der Waals surface area (Å²) >= 11 is 0. The first-order valence-corrected chi connectivity index (χ1v) is 36.5. The van der Waals surface area contributed by atoms with Gasteiger partial charge >= 0.3 is 18.1 Å². The molecule has 0 spiro atoms. The van der Waals surface area contributed by atoms with Crippen LogP contribution < -0.4 is 24.6 Å². The number of imide groups is 1. The van der Waals surface area contributed by atoms with Crippen molar-refractivity contribution >= 4 is 65.2 Å². The molecule has 11 rings (SSSR count). The predicted molar refractivity (Wildman–Crippen MR) is 361 cm³/mol. The number of urea groups is 1. The summed E-state index contributed by atoms with van der Waals surface area (Å²) in [6.45, 7) is 26.8. The van der Waals surface area contributed by atoms with Gasteiger partial charge in [-0.2, -0.15) is 9.97 Å². The van der Waals surface area contributed by atoms with Crippen LogP contribution in [-0.2, 0) is 14.3 Å². The number of rotatable bonds is 19. The largest absolute Gasteiger partial charge is 0.468 e. The zero-order chi connectivity index (χ0) is 66.8. The molecule has 7 heterocycles. The highest BCUT2D eigenvalue weighted by atomic mass is 28.3. The van der Waals surface area contributed by atoms with E-state index in [4.69, 9.17) is 33.9 Å². The lowest BCUT2D eigenvalue weighted by atomic mass is 9.74. The molecule has 0 radical (unpaired) electrons. The summed E-state index contributed by atoms with van der Waals surface area (Å²) in [5.74, 6) is 2.26. The predicted octanol–water partition coefficient (Wildman–Crippen LogP) is 13.1. The van der Waals surface area contributed by atoms with Crippen molar-refractivity contribution in [1.29, 1.82) is 0 Å². The van der Waals surface area contributed by atoms with Crippen molar-refractivity contribution in [3.05, 3.63) is 77.2 Å². The van der Waals surface area contributed by atoms with Crippen LogP contribution in [0, 0.1) is 40.2 Å². The lowest BCUT2D eigenvalue weighted by molar-refractivity contribution is -0.120. The zero-order valence-corrected chi connectivity index (χ0v) is 57.7. The van der Waals surface area contributed by atoms with E-state index in [1.807, 2.05) is 30.6 Å². The molecule has 94 heavy (non-hydrogen) atoms. The molecular weight excluding hydrogens is 1220 g/mol. The first-order valence-electron chi connectivity index (χ1n) is 34.3. The van der Waals surface area contributed by atoms with E-state index in [1.165, 1.54) is 36.3 Å². The average molecular weight is 1310 g/mol. The van der Waals surface area contributed by atoms with E-state index >= 15 is 8.78 Å². The second-order valence-electron chi connectivity index (χ2n) is 29.1. The number of aromatic nitrogens is 3. The summed E-state index contributed by atoms with van der Waals surface area (Å²) in [7, 11) is -0.847. The Morgan fingerprint density at radius 3 is 2.15 bits per heavy atom. The quantitative estimate of drug-likeness (QED) is 0.0469. The molecule has 5 aromatic rings. The summed E-state index contributed by atoms with van der Waals surface area (Å²) in [6, 6.07) is 9.65. The maximum absolute atomic E-state index is 18.4. The number of ether oxygens (including phenoxy) is 4. The number of benzene rings is 3. The van der Waals surface area contributed by atoms with Crippen molar-refractivity contribution in [1.82, 2.24) is 39.9 Å². The third-order valence-electron chi connectivity index (χ3n) is 20.9. The second-order valence-corrected chi connectivity index (χ2v) is 34.7. The van der Waals surface area contributed by atoms with Gasteiger partial charge in [-0.25, -0.2) is 22.8 Å². The lowest BCUT2D eigenvalue weighted by Gasteiger charge is -2.43. The minimum atomic E-state index is -2.37. The number of pyridine rings is 1. The van der Waals surface area contributed by atoms with Crippen molar-refractivity contribution in [3.8, 4) is 34.5 Å². The number of nitrogens with one attached hydrogen (secondary N) is 1. The van der Waals surface area contributed by atoms with Crippen LogP contribution >= 0.6 is 0 Å². The van der Waals surface area contributed by atoms with E-state index in [0.717, 1.165) is 110 Å². The van der Waals surface area contributed by atoms with Gasteiger partial charge in [0.05, 0.1) is 35.3 Å². The molecule has 506 valence electrons. The van der Waals surface area contributed by atoms with E-state index in [1.54, 1.807) is 24.4 Å². The van der Waals surface area contributed by atoms with Gasteiger partial charge in [0.25, 0.3) is 5.91 Å². The highest BCUT2D eigenvalue weighted by molar-refractivity contribution is 6.90. The molecule has 5 saturated heterocycles. The molecule has 2 aromatic heterocycles. The van der Waals surface area contributed by atoms with Crippen LogP contribution in [0.25, 0.3) is 32.9 Å². The summed E-state index contributed by atoms with van der Waals surface area (Å²) in [5, 5.41) is 3.63. The fourth-order valence-corrected chi connectivity index (χ4v) is 21.3. The monoisotopic (exact) mass is 1310 g/mol. The highest BCUT2D eigenvalue weighted by Gasteiger charge is 2.46. The molecule has 5 aliphatic heterocycles. The number of nitrogens with zero attached hydrogens (tertiary/aromatic N) is 9. The topological polar surface area (TPSA) is 175 Å². The van der Waals surface area contributed by atoms with Crippen LogP contribution in [0.5, 0.6) is 11.8 Å². The smallest absolute Gasteiger partial charge is 0.410 e. The molecular formula is C72H95F3N10O8Si. The van der Waals surface area contributed by atoms with Gasteiger partial charge in [0.1, 0.15) is 48.1 Å². The Morgan fingerprint density at radius 1 is 0.809 bits per heavy atom. The maximum atomic E-state index is 18.4. The molecule has 2 unspecified atom stereocenters. The van der Waals surface area contributed by atoms with Gasteiger partial charge in [-0.3, -0.25) is 29.7 Å². The van der Waals surface area contributed by atoms with Crippen LogP contribution in [-0.4, -0.2) is 177 Å². The van der Waals surface area contributed by atoms with E-state index in [0.29, 0.717) is 77.6 Å². The van der Waals surface area contributed by atoms with E-state index in [2.05, 4.69) is 73.0 Å². The molecule has 6 aliphatic rings. The highest BCUT2D eigenvalue weighted by Crippen LogP contribution is 2.45. The van der Waals surface area contributed by atoms with Crippen molar-refractivity contribution < 1.29 is 51.3 Å². The van der Waals surface area contributed by atoms with Gasteiger partial charge < -0.3 is 38.5 Å². The number of piperazine rings is 2. The standard InChI is InChI=1S/C72H95F3N10O8Si/c1-46(2)94(47(3)4,48(5)6)36-25-55-58(73)20-16-50-37-54(92-45-90-10)39-56(62(50)55)64-63(75)65-57(40-76-64)66(83-41-52-18-19-53(42-83)85(52)70(89)93-71(7,8)9)79-68(78-65)91-44-72(26-12-11-13-27-72)43-81-34-32-80(33-35-81)28-14-15-49-22-29-82(30-23-49)67(87)51-17-21-59(74)60(38-51)84-31-24-61(86)77-69(84)88/h16-17,20-21,37-40,46-49,52-53H,11-15,18-19,22-24,26-35,41-45H2,1-10H3,(H,77,86,88). The number of piperidine rings is 1. The number of amides is 5. The third kappa shape index (κ3) is 14.7. The number of fused-ring (bicyclic) bond motifs is 4. The maximum Gasteiger partial charge on any atom is 0.410 e. The van der Waals surface area contributed by atoms with Crippen molar-refractivity contribution in [2.75, 3.05) is 102 Å². The summed E-state index contributed by atoms with van der Waals surface area (Å²) in [5.41, 5.74) is 4.44. The first-order chi connectivity index (χ1) is 44.9. The van der Waals surface area contributed by atoms with Gasteiger partial charge in [-0.15, -0.1) is 5.54 Å². The summed E-state index contributed by atoms with van der Waals surface area (Å²) in [6.07, 6.45) is 12.0. The minimum absolute atomic E-state index is 0.0107. The Bertz CT molecular complexity index is 3650. The van der Waals surface area contributed by atoms with E-state index in [-0.39, 0.29) is 94.4 Å². The molecule has 18 nitrogen and oxygen atoms in total. The zero-order valence-electron chi connectivity index (χ0n) is 56.7. The first kappa shape index (κ1) is 68.3. The van der Waals surface area contributed by atoms with Gasteiger partial charge in [0.15, 0.2) is 12.6 Å². The number of carbonyl (C=O) groups is 4. The number of hydrogen-bond donors (Lipinski definition) is 1. The number of halogens is 3. The normalized spacial score (nSPS) is 20.2. The molecule has 6 fully saturated rings. The summed E-state index contributed by atoms with van der Waals surface area (Å²) < 4.78 is 74.2. The van der Waals surface area contributed by atoms with Gasteiger partial charge in [-0.1, -0.05) is 72.8 Å². The number of methoxy groups -OCH3 is 1. The summed E-state index contributed by atoms with van der Waals surface area (Å²) in [4.78, 5) is 78.7. The third-order valence-corrected chi connectivity index (χ3v) is 27.2. The minimum Gasteiger partial charge on any atom is -0.468 e. The number of hydrogen-bond acceptors (Lipinski definition) is 14. The second kappa shape index (κ2) is 28.7. The molecule has 3 aromatic carbocycles. The number of likely N-dealkylation sites (tertiary alicyclic amines) is 1. The molecule has 1 saturated carbocycles. The average Bonchev–Trinajstić information content (AvgIpc) is 1.01. The van der Waals surface area contributed by atoms with Crippen LogP contribution in [0.2, 0.25) is 16.6 Å². The van der Waals surface area contributed by atoms with Gasteiger partial charge in [0.2, 0.25) is 5.91 Å². The fourth-order valence-electron chi connectivity index (χ4n) is 16.1. The lowest BCUT2D eigenvalue weighted by Crippen LogP contribution is -2.57. The van der Waals surface area contributed by atoms with Crippen LogP contribution in [0.3, 0.4) is 0 Å². The Kier molecular flexibility index (Phi) is 20.9. The van der Waals surface area contributed by atoms with Crippen LogP contribution in [0.15, 0.2) is 48.7 Å². The van der Waals surface area contributed by atoms with Gasteiger partial charge in [0, 0.05) is 107 Å². The number of anilines is 2. The number of carbonyl (C=O) groups excluding carboxylic acids is 4. The Balaban J connectivity index is 0.813. The molecule has 22 heteroatoms. The van der Waals surface area contributed by atoms with Crippen molar-refractivity contribution in [2.24, 2.45) is 11.3 Å². The van der Waals surface area contributed by atoms with Gasteiger partial charge in [-0.05, 0) is 143 Å². The van der Waals surface area contributed by atoms with E-state index in [9.17, 15) is 23.6 Å². The molecule has 5 amide bonds.